The average molecular weight is 411 g/mol. The Bertz CT molecular complexity index is 739. The summed E-state index contributed by atoms with van der Waals surface area (Å²) in [7, 11) is 0. The highest BCUT2D eigenvalue weighted by Crippen LogP contribution is 2.21. The van der Waals surface area contributed by atoms with E-state index in [2.05, 4.69) is 6.92 Å². The summed E-state index contributed by atoms with van der Waals surface area (Å²) in [5, 5.41) is 0.000746. The van der Waals surface area contributed by atoms with Gasteiger partial charge in [-0.1, -0.05) is 125 Å². The van der Waals surface area contributed by atoms with Crippen LogP contribution in [0, 0.1) is 0 Å². The van der Waals surface area contributed by atoms with E-state index in [0.29, 0.717) is 16.7 Å². The summed E-state index contributed by atoms with van der Waals surface area (Å²) >= 11 is 1.34. The fourth-order valence-corrected chi connectivity index (χ4v) is 4.30. The highest BCUT2D eigenvalue weighted by Gasteiger charge is 2.17. The first kappa shape index (κ1) is 23.4. The van der Waals surface area contributed by atoms with Crippen LogP contribution in [0.15, 0.2) is 54.6 Å². The summed E-state index contributed by atoms with van der Waals surface area (Å²) in [5.74, 6) is 0.734. The zero-order valence-electron chi connectivity index (χ0n) is 17.7. The molecule has 2 aromatic rings. The second-order valence-electron chi connectivity index (χ2n) is 7.56. The molecule has 0 saturated carbocycles. The third-order valence-corrected chi connectivity index (χ3v) is 6.13. The number of thioether (sulfide) groups is 1. The summed E-state index contributed by atoms with van der Waals surface area (Å²) in [6.45, 7) is 2.25. The lowest BCUT2D eigenvalue weighted by Gasteiger charge is -2.08. The number of hydrogen-bond acceptors (Lipinski definition) is 3. The van der Waals surface area contributed by atoms with Gasteiger partial charge in [-0.2, -0.15) is 0 Å². The molecular weight excluding hydrogens is 376 g/mol. The van der Waals surface area contributed by atoms with Crippen LogP contribution in [-0.4, -0.2) is 16.7 Å². The molecule has 2 nitrogen and oxygen atoms in total. The van der Waals surface area contributed by atoms with Gasteiger partial charge in [-0.15, -0.1) is 0 Å². The molecule has 2 rings (SSSR count). The zero-order chi connectivity index (χ0) is 20.7. The van der Waals surface area contributed by atoms with Crippen LogP contribution >= 0.6 is 11.8 Å². The first-order valence-electron chi connectivity index (χ1n) is 11.1. The third kappa shape index (κ3) is 8.57. The maximum atomic E-state index is 12.8. The lowest BCUT2D eigenvalue weighted by Crippen LogP contribution is -2.08. The number of carbonyl (C=O) groups excluding carboxylic acids is 2. The van der Waals surface area contributed by atoms with Crippen LogP contribution in [0.2, 0.25) is 0 Å². The average Bonchev–Trinajstić information content (AvgIpc) is 2.77. The minimum absolute atomic E-state index is 0.000746. The maximum Gasteiger partial charge on any atom is 0.220 e. The van der Waals surface area contributed by atoms with Crippen molar-refractivity contribution in [1.29, 1.82) is 0 Å². The van der Waals surface area contributed by atoms with Gasteiger partial charge in [0.05, 0.1) is 0 Å². The Balaban J connectivity index is 1.70. The van der Waals surface area contributed by atoms with E-state index in [9.17, 15) is 9.59 Å². The standard InChI is InChI=1S/C26H34O2S/c1-2-3-4-5-6-7-8-9-10-16-21-29-26(28)24-20-15-14-19-23(24)25(27)22-17-12-11-13-18-22/h11-15,17-20H,2-10,16,21H2,1H3. The lowest BCUT2D eigenvalue weighted by atomic mass is 9.99. The number of ketones is 1. The van der Waals surface area contributed by atoms with Gasteiger partial charge in [-0.05, 0) is 12.5 Å². The highest BCUT2D eigenvalue weighted by molar-refractivity contribution is 8.14. The summed E-state index contributed by atoms with van der Waals surface area (Å²) in [6, 6.07) is 16.3. The first-order chi connectivity index (χ1) is 14.2. The summed E-state index contributed by atoms with van der Waals surface area (Å²) in [6.07, 6.45) is 12.9. The molecule has 0 unspecified atom stereocenters. The van der Waals surface area contributed by atoms with Crippen LogP contribution in [0.1, 0.15) is 97.4 Å². The van der Waals surface area contributed by atoms with Gasteiger partial charge >= 0.3 is 0 Å². The van der Waals surface area contributed by atoms with Gasteiger partial charge in [-0.3, -0.25) is 9.59 Å². The SMILES string of the molecule is CCCCCCCCCCCCSC(=O)c1ccccc1C(=O)c1ccccc1. The van der Waals surface area contributed by atoms with Crippen molar-refractivity contribution in [3.05, 3.63) is 71.3 Å². The Morgan fingerprint density at radius 1 is 0.655 bits per heavy atom. The second kappa shape index (κ2) is 14.2. The highest BCUT2D eigenvalue weighted by atomic mass is 32.2. The molecule has 3 heteroatoms. The largest absolute Gasteiger partial charge is 0.289 e. The van der Waals surface area contributed by atoms with Gasteiger partial charge < -0.3 is 0 Å². The van der Waals surface area contributed by atoms with Gasteiger partial charge in [0.15, 0.2) is 5.78 Å². The molecule has 0 amide bonds. The van der Waals surface area contributed by atoms with E-state index in [1.807, 2.05) is 30.3 Å². The van der Waals surface area contributed by atoms with Gasteiger partial charge in [0.1, 0.15) is 0 Å². The molecule has 0 aromatic heterocycles. The molecular formula is C26H34O2S. The quantitative estimate of drug-likeness (QED) is 0.236. The molecule has 29 heavy (non-hydrogen) atoms. The van der Waals surface area contributed by atoms with E-state index in [1.54, 1.807) is 24.3 Å². The molecule has 0 saturated heterocycles. The van der Waals surface area contributed by atoms with E-state index in [0.717, 1.165) is 12.2 Å². The van der Waals surface area contributed by atoms with Gasteiger partial charge in [0, 0.05) is 22.4 Å². The molecule has 0 bridgehead atoms. The fourth-order valence-electron chi connectivity index (χ4n) is 3.44. The molecule has 0 aliphatic rings. The minimum Gasteiger partial charge on any atom is -0.289 e. The predicted octanol–water partition coefficient (Wildman–Crippen LogP) is 7.71. The smallest absolute Gasteiger partial charge is 0.220 e. The Labute approximate surface area is 180 Å². The van der Waals surface area contributed by atoms with E-state index >= 15 is 0 Å². The summed E-state index contributed by atoms with van der Waals surface area (Å²) in [5.41, 5.74) is 1.64. The molecule has 0 atom stereocenters. The first-order valence-corrected chi connectivity index (χ1v) is 12.1. The number of hydrogen-bond donors (Lipinski definition) is 0. The molecule has 0 radical (unpaired) electrons. The minimum atomic E-state index is -0.0888. The Morgan fingerprint density at radius 2 is 1.17 bits per heavy atom. The lowest BCUT2D eigenvalue weighted by molar-refractivity contribution is 0.102. The van der Waals surface area contributed by atoms with Crippen LogP contribution in [0.3, 0.4) is 0 Å². The van der Waals surface area contributed by atoms with Crippen LogP contribution < -0.4 is 0 Å². The zero-order valence-corrected chi connectivity index (χ0v) is 18.5. The number of rotatable bonds is 14. The third-order valence-electron chi connectivity index (χ3n) is 5.16. The van der Waals surface area contributed by atoms with Crippen molar-refractivity contribution in [2.45, 2.75) is 71.1 Å². The maximum absolute atomic E-state index is 12.8. The number of carbonyl (C=O) groups is 2. The topological polar surface area (TPSA) is 34.1 Å². The van der Waals surface area contributed by atoms with Crippen molar-refractivity contribution in [3.63, 3.8) is 0 Å². The van der Waals surface area contributed by atoms with Crippen molar-refractivity contribution in [3.8, 4) is 0 Å². The van der Waals surface area contributed by atoms with Crippen molar-refractivity contribution < 1.29 is 9.59 Å². The van der Waals surface area contributed by atoms with Gasteiger partial charge in [0.2, 0.25) is 5.12 Å². The number of unbranched alkanes of at least 4 members (excludes halogenated alkanes) is 9. The summed E-state index contributed by atoms with van der Waals surface area (Å²) in [4.78, 5) is 25.4. The fraction of sp³-hybridized carbons (Fsp3) is 0.462. The monoisotopic (exact) mass is 410 g/mol. The van der Waals surface area contributed by atoms with Crippen LogP contribution in [-0.2, 0) is 0 Å². The molecule has 0 spiro atoms. The molecule has 156 valence electrons. The Hall–Kier alpha value is -1.87. The predicted molar refractivity (Wildman–Crippen MR) is 125 cm³/mol. The Morgan fingerprint density at radius 3 is 1.79 bits per heavy atom. The van der Waals surface area contributed by atoms with Crippen LogP contribution in [0.4, 0.5) is 0 Å². The van der Waals surface area contributed by atoms with Crippen molar-refractivity contribution in [1.82, 2.24) is 0 Å². The molecule has 0 heterocycles. The van der Waals surface area contributed by atoms with Crippen molar-refractivity contribution in [2.24, 2.45) is 0 Å². The van der Waals surface area contributed by atoms with E-state index < -0.39 is 0 Å². The van der Waals surface area contributed by atoms with Crippen molar-refractivity contribution >= 4 is 22.7 Å². The van der Waals surface area contributed by atoms with E-state index in [-0.39, 0.29) is 10.9 Å². The Kier molecular flexibility index (Phi) is 11.4. The van der Waals surface area contributed by atoms with E-state index in [1.165, 1.54) is 69.5 Å². The van der Waals surface area contributed by atoms with Crippen molar-refractivity contribution in [2.75, 3.05) is 5.75 Å². The summed E-state index contributed by atoms with van der Waals surface area (Å²) < 4.78 is 0. The van der Waals surface area contributed by atoms with Crippen LogP contribution in [0.5, 0.6) is 0 Å². The molecule has 0 aliphatic carbocycles. The molecule has 0 N–H and O–H groups in total. The van der Waals surface area contributed by atoms with Gasteiger partial charge in [-0.25, -0.2) is 0 Å². The van der Waals surface area contributed by atoms with Gasteiger partial charge in [0.25, 0.3) is 0 Å². The molecule has 0 fully saturated rings. The van der Waals surface area contributed by atoms with E-state index in [4.69, 9.17) is 0 Å². The molecule has 2 aromatic carbocycles. The molecule has 0 aliphatic heterocycles. The normalized spacial score (nSPS) is 10.8. The van der Waals surface area contributed by atoms with Crippen LogP contribution in [0.25, 0.3) is 0 Å². The number of benzene rings is 2. The second-order valence-corrected chi connectivity index (χ2v) is 8.63.